The van der Waals surface area contributed by atoms with E-state index >= 15 is 0 Å². The van der Waals surface area contributed by atoms with Crippen LogP contribution in [-0.2, 0) is 11.3 Å². The molecule has 0 aliphatic carbocycles. The first-order valence-electron chi connectivity index (χ1n) is 4.01. The van der Waals surface area contributed by atoms with Crippen molar-refractivity contribution in [3.63, 3.8) is 0 Å². The average Bonchev–Trinajstić information content (AvgIpc) is 2.11. The van der Waals surface area contributed by atoms with Crippen molar-refractivity contribution in [3.8, 4) is 5.75 Å². The minimum Gasteiger partial charge on any atom is -0.495 e. The summed E-state index contributed by atoms with van der Waals surface area (Å²) in [4.78, 5) is 0. The third-order valence-corrected chi connectivity index (χ3v) is 2.21. The number of hydrogen-bond donors (Lipinski definition) is 0. The number of ether oxygens (including phenoxy) is 2. The number of hydrogen-bond acceptors (Lipinski definition) is 2. The first-order chi connectivity index (χ1) is 6.19. The van der Waals surface area contributed by atoms with E-state index in [2.05, 4.69) is 0 Å². The summed E-state index contributed by atoms with van der Waals surface area (Å²) in [5.74, 6) is 0.707. The van der Waals surface area contributed by atoms with Crippen LogP contribution in [0.4, 0.5) is 0 Å². The van der Waals surface area contributed by atoms with Gasteiger partial charge < -0.3 is 9.47 Å². The molecule has 1 aromatic carbocycles. The van der Waals surface area contributed by atoms with Crippen LogP contribution in [0.25, 0.3) is 0 Å². The van der Waals surface area contributed by atoms with Crippen LogP contribution in [0.2, 0.25) is 5.02 Å². The van der Waals surface area contributed by atoms with Gasteiger partial charge >= 0.3 is 0 Å². The largest absolute Gasteiger partial charge is 0.495 e. The van der Waals surface area contributed by atoms with Crippen LogP contribution in [0, 0.1) is 6.92 Å². The Bertz CT molecular complexity index is 297. The summed E-state index contributed by atoms with van der Waals surface area (Å²) >= 11 is 5.96. The Hall–Kier alpha value is -0.730. The Balaban J connectivity index is 3.05. The Morgan fingerprint density at radius 3 is 2.54 bits per heavy atom. The maximum absolute atomic E-state index is 5.96. The molecule has 0 atom stereocenters. The highest BCUT2D eigenvalue weighted by molar-refractivity contribution is 6.32. The first-order valence-corrected chi connectivity index (χ1v) is 4.38. The first kappa shape index (κ1) is 10.4. The maximum Gasteiger partial charge on any atom is 0.137 e. The number of aryl methyl sites for hydroxylation is 1. The molecular weight excluding hydrogens is 188 g/mol. The lowest BCUT2D eigenvalue weighted by Crippen LogP contribution is -1.94. The highest BCUT2D eigenvalue weighted by Crippen LogP contribution is 2.27. The molecule has 0 bridgehead atoms. The van der Waals surface area contributed by atoms with E-state index in [0.717, 1.165) is 11.1 Å². The van der Waals surface area contributed by atoms with Crippen LogP contribution in [0.5, 0.6) is 5.75 Å². The van der Waals surface area contributed by atoms with Gasteiger partial charge in [-0.15, -0.1) is 0 Å². The predicted molar refractivity (Wildman–Crippen MR) is 53.5 cm³/mol. The van der Waals surface area contributed by atoms with Gasteiger partial charge in [-0.25, -0.2) is 0 Å². The van der Waals surface area contributed by atoms with Gasteiger partial charge in [0.05, 0.1) is 18.7 Å². The number of benzene rings is 1. The molecule has 0 fully saturated rings. The van der Waals surface area contributed by atoms with Gasteiger partial charge in [-0.05, 0) is 30.2 Å². The molecule has 0 unspecified atom stereocenters. The van der Waals surface area contributed by atoms with E-state index < -0.39 is 0 Å². The van der Waals surface area contributed by atoms with Gasteiger partial charge in [0.25, 0.3) is 0 Å². The molecule has 0 amide bonds. The van der Waals surface area contributed by atoms with Gasteiger partial charge in [-0.2, -0.15) is 0 Å². The summed E-state index contributed by atoms with van der Waals surface area (Å²) in [5, 5.41) is 0.625. The van der Waals surface area contributed by atoms with Crippen molar-refractivity contribution in [3.05, 3.63) is 28.3 Å². The van der Waals surface area contributed by atoms with Crippen LogP contribution in [-0.4, -0.2) is 14.2 Å². The summed E-state index contributed by atoms with van der Waals surface area (Å²) in [7, 11) is 3.27. The standard InChI is InChI=1S/C10H13ClO2/c1-7-4-10(13-3)9(11)5-8(7)6-12-2/h4-5H,6H2,1-3H3. The minimum absolute atomic E-state index is 0.579. The van der Waals surface area contributed by atoms with Crippen LogP contribution in [0.3, 0.4) is 0 Å². The molecule has 1 rings (SSSR count). The topological polar surface area (TPSA) is 18.5 Å². The van der Waals surface area contributed by atoms with Gasteiger partial charge in [0.1, 0.15) is 5.75 Å². The summed E-state index contributed by atoms with van der Waals surface area (Å²) in [6, 6.07) is 3.79. The summed E-state index contributed by atoms with van der Waals surface area (Å²) in [6.45, 7) is 2.59. The normalized spacial score (nSPS) is 10.2. The fourth-order valence-corrected chi connectivity index (χ4v) is 1.43. The smallest absolute Gasteiger partial charge is 0.137 e. The van der Waals surface area contributed by atoms with E-state index in [1.807, 2.05) is 19.1 Å². The zero-order valence-corrected chi connectivity index (χ0v) is 8.81. The Morgan fingerprint density at radius 2 is 2.00 bits per heavy atom. The molecule has 0 N–H and O–H groups in total. The Morgan fingerprint density at radius 1 is 1.31 bits per heavy atom. The average molecular weight is 201 g/mol. The van der Waals surface area contributed by atoms with Gasteiger partial charge in [-0.3, -0.25) is 0 Å². The van der Waals surface area contributed by atoms with Crippen molar-refractivity contribution in [2.45, 2.75) is 13.5 Å². The highest BCUT2D eigenvalue weighted by Gasteiger charge is 2.05. The quantitative estimate of drug-likeness (QED) is 0.747. The van der Waals surface area contributed by atoms with Crippen molar-refractivity contribution in [2.75, 3.05) is 14.2 Å². The second kappa shape index (κ2) is 4.49. The van der Waals surface area contributed by atoms with Gasteiger partial charge in [0, 0.05) is 7.11 Å². The second-order valence-corrected chi connectivity index (χ2v) is 3.25. The van der Waals surface area contributed by atoms with E-state index in [0.29, 0.717) is 17.4 Å². The van der Waals surface area contributed by atoms with Crippen molar-refractivity contribution in [2.24, 2.45) is 0 Å². The Kier molecular flexibility index (Phi) is 3.58. The predicted octanol–water partition coefficient (Wildman–Crippen LogP) is 2.80. The molecule has 0 heterocycles. The van der Waals surface area contributed by atoms with E-state index in [4.69, 9.17) is 21.1 Å². The monoisotopic (exact) mass is 200 g/mol. The lowest BCUT2D eigenvalue weighted by atomic mass is 10.1. The van der Waals surface area contributed by atoms with Crippen LogP contribution in [0.1, 0.15) is 11.1 Å². The number of rotatable bonds is 3. The molecule has 0 aromatic heterocycles. The highest BCUT2D eigenvalue weighted by atomic mass is 35.5. The van der Waals surface area contributed by atoms with Crippen LogP contribution >= 0.6 is 11.6 Å². The van der Waals surface area contributed by atoms with E-state index in [1.54, 1.807) is 14.2 Å². The fourth-order valence-electron chi connectivity index (χ4n) is 1.16. The van der Waals surface area contributed by atoms with Crippen molar-refractivity contribution in [1.29, 1.82) is 0 Å². The maximum atomic E-state index is 5.96. The molecule has 72 valence electrons. The second-order valence-electron chi connectivity index (χ2n) is 2.85. The molecular formula is C10H13ClO2. The van der Waals surface area contributed by atoms with Crippen LogP contribution < -0.4 is 4.74 Å². The molecule has 13 heavy (non-hydrogen) atoms. The van der Waals surface area contributed by atoms with Gasteiger partial charge in [-0.1, -0.05) is 11.6 Å². The molecule has 1 aromatic rings. The summed E-state index contributed by atoms with van der Waals surface area (Å²) in [6.07, 6.45) is 0. The molecule has 3 heteroatoms. The molecule has 0 spiro atoms. The van der Waals surface area contributed by atoms with Crippen LogP contribution in [0.15, 0.2) is 12.1 Å². The molecule has 0 saturated carbocycles. The molecule has 0 radical (unpaired) electrons. The minimum atomic E-state index is 0.579. The Labute approximate surface area is 83.4 Å². The zero-order valence-electron chi connectivity index (χ0n) is 8.06. The van der Waals surface area contributed by atoms with Crippen molar-refractivity contribution in [1.82, 2.24) is 0 Å². The third-order valence-electron chi connectivity index (χ3n) is 1.91. The number of halogens is 1. The van der Waals surface area contributed by atoms with E-state index in [9.17, 15) is 0 Å². The lowest BCUT2D eigenvalue weighted by Gasteiger charge is -2.09. The summed E-state index contributed by atoms with van der Waals surface area (Å²) < 4.78 is 10.1. The fraction of sp³-hybridized carbons (Fsp3) is 0.400. The zero-order chi connectivity index (χ0) is 9.84. The summed E-state index contributed by atoms with van der Waals surface area (Å²) in [5.41, 5.74) is 2.22. The van der Waals surface area contributed by atoms with Gasteiger partial charge in [0.15, 0.2) is 0 Å². The SMILES string of the molecule is COCc1cc(Cl)c(OC)cc1C. The lowest BCUT2D eigenvalue weighted by molar-refractivity contribution is 0.184. The third kappa shape index (κ3) is 2.36. The number of methoxy groups -OCH3 is 2. The van der Waals surface area contributed by atoms with E-state index in [-0.39, 0.29) is 0 Å². The molecule has 0 saturated heterocycles. The van der Waals surface area contributed by atoms with Crippen molar-refractivity contribution >= 4 is 11.6 Å². The van der Waals surface area contributed by atoms with E-state index in [1.165, 1.54) is 0 Å². The molecule has 0 aliphatic heterocycles. The van der Waals surface area contributed by atoms with Gasteiger partial charge in [0.2, 0.25) is 0 Å². The van der Waals surface area contributed by atoms with Crippen molar-refractivity contribution < 1.29 is 9.47 Å². The molecule has 2 nitrogen and oxygen atoms in total. The molecule has 0 aliphatic rings.